The second kappa shape index (κ2) is 8.48. The Morgan fingerprint density at radius 2 is 1.69 bits per heavy atom. The standard InChI is InChI=1S/C18H22N4O3S/c1-14(23)19-12-15-6-10-18(11-7-15)26(24,25)21-20-13-16-4-8-17(9-5-16)22(2)3/h4-11,13,21H,12H2,1-3H3,(H,19,23). The van der Waals surface area contributed by atoms with E-state index in [0.717, 1.165) is 16.8 Å². The van der Waals surface area contributed by atoms with E-state index in [0.29, 0.717) is 6.54 Å². The molecule has 0 saturated carbocycles. The molecule has 7 nitrogen and oxygen atoms in total. The van der Waals surface area contributed by atoms with Gasteiger partial charge < -0.3 is 10.2 Å². The van der Waals surface area contributed by atoms with Gasteiger partial charge >= 0.3 is 0 Å². The highest BCUT2D eigenvalue weighted by atomic mass is 32.2. The minimum Gasteiger partial charge on any atom is -0.378 e. The van der Waals surface area contributed by atoms with Gasteiger partial charge in [-0.25, -0.2) is 4.83 Å². The van der Waals surface area contributed by atoms with Crippen LogP contribution in [0.25, 0.3) is 0 Å². The number of anilines is 1. The van der Waals surface area contributed by atoms with Crippen molar-refractivity contribution in [2.45, 2.75) is 18.4 Å². The number of nitrogens with one attached hydrogen (secondary N) is 2. The second-order valence-corrected chi connectivity index (χ2v) is 7.55. The van der Waals surface area contributed by atoms with Crippen molar-refractivity contribution < 1.29 is 13.2 Å². The van der Waals surface area contributed by atoms with Gasteiger partial charge in [0, 0.05) is 33.3 Å². The molecule has 0 heterocycles. The Balaban J connectivity index is 2.00. The van der Waals surface area contributed by atoms with Crippen LogP contribution in [-0.4, -0.2) is 34.6 Å². The lowest BCUT2D eigenvalue weighted by Gasteiger charge is -2.11. The summed E-state index contributed by atoms with van der Waals surface area (Å²) >= 11 is 0. The predicted molar refractivity (Wildman–Crippen MR) is 103 cm³/mol. The van der Waals surface area contributed by atoms with Crippen molar-refractivity contribution in [1.29, 1.82) is 0 Å². The molecule has 138 valence electrons. The van der Waals surface area contributed by atoms with Crippen LogP contribution >= 0.6 is 0 Å². The maximum Gasteiger partial charge on any atom is 0.276 e. The Morgan fingerprint density at radius 1 is 1.08 bits per heavy atom. The monoisotopic (exact) mass is 374 g/mol. The van der Waals surface area contributed by atoms with E-state index in [4.69, 9.17) is 0 Å². The molecule has 2 N–H and O–H groups in total. The lowest BCUT2D eigenvalue weighted by molar-refractivity contribution is -0.119. The van der Waals surface area contributed by atoms with Crippen molar-refractivity contribution in [3.63, 3.8) is 0 Å². The molecule has 26 heavy (non-hydrogen) atoms. The molecule has 0 unspecified atom stereocenters. The van der Waals surface area contributed by atoms with Crippen LogP contribution < -0.4 is 15.0 Å². The molecule has 2 aromatic carbocycles. The molecular formula is C18H22N4O3S. The number of hydrogen-bond acceptors (Lipinski definition) is 5. The maximum absolute atomic E-state index is 12.2. The Bertz CT molecular complexity index is 874. The van der Waals surface area contributed by atoms with Crippen LogP contribution in [0.15, 0.2) is 58.5 Å². The zero-order valence-electron chi connectivity index (χ0n) is 14.9. The quantitative estimate of drug-likeness (QED) is 0.570. The van der Waals surface area contributed by atoms with Gasteiger partial charge in [-0.05, 0) is 35.4 Å². The summed E-state index contributed by atoms with van der Waals surface area (Å²) in [6, 6.07) is 13.8. The topological polar surface area (TPSA) is 90.9 Å². The molecule has 0 saturated heterocycles. The van der Waals surface area contributed by atoms with Crippen LogP contribution in [0.2, 0.25) is 0 Å². The van der Waals surface area contributed by atoms with Crippen LogP contribution in [0, 0.1) is 0 Å². The van der Waals surface area contributed by atoms with Gasteiger partial charge in [0.15, 0.2) is 0 Å². The Kier molecular flexibility index (Phi) is 6.35. The predicted octanol–water partition coefficient (Wildman–Crippen LogP) is 1.70. The highest BCUT2D eigenvalue weighted by molar-refractivity contribution is 7.89. The smallest absolute Gasteiger partial charge is 0.276 e. The largest absolute Gasteiger partial charge is 0.378 e. The summed E-state index contributed by atoms with van der Waals surface area (Å²) in [5, 5.41) is 6.47. The first-order valence-corrected chi connectivity index (χ1v) is 9.42. The number of nitrogens with zero attached hydrogens (tertiary/aromatic N) is 2. The lowest BCUT2D eigenvalue weighted by atomic mass is 10.2. The molecule has 0 aliphatic heterocycles. The molecule has 0 fully saturated rings. The molecule has 0 radical (unpaired) electrons. The Morgan fingerprint density at radius 3 is 2.23 bits per heavy atom. The van der Waals surface area contributed by atoms with Crippen LogP contribution in [0.5, 0.6) is 0 Å². The summed E-state index contributed by atoms with van der Waals surface area (Å²) in [6.45, 7) is 1.78. The van der Waals surface area contributed by atoms with Crippen LogP contribution in [0.1, 0.15) is 18.1 Å². The molecule has 0 atom stereocenters. The summed E-state index contributed by atoms with van der Waals surface area (Å²) in [6.07, 6.45) is 1.45. The number of sulfonamides is 1. The number of hydrogen-bond donors (Lipinski definition) is 2. The molecular weight excluding hydrogens is 352 g/mol. The van der Waals surface area contributed by atoms with Gasteiger partial charge in [0.25, 0.3) is 10.0 Å². The fraction of sp³-hybridized carbons (Fsp3) is 0.222. The molecule has 0 aliphatic rings. The zero-order valence-corrected chi connectivity index (χ0v) is 15.7. The Labute approximate surface area is 153 Å². The lowest BCUT2D eigenvalue weighted by Crippen LogP contribution is -2.20. The number of carbonyl (C=O) groups is 1. The van der Waals surface area contributed by atoms with Crippen molar-refractivity contribution in [2.75, 3.05) is 19.0 Å². The minimum absolute atomic E-state index is 0.101. The van der Waals surface area contributed by atoms with Gasteiger partial charge in [-0.2, -0.15) is 13.5 Å². The number of amides is 1. The maximum atomic E-state index is 12.2. The van der Waals surface area contributed by atoms with E-state index in [2.05, 4.69) is 15.2 Å². The van der Waals surface area contributed by atoms with Crippen molar-refractivity contribution in [2.24, 2.45) is 5.10 Å². The van der Waals surface area contributed by atoms with Gasteiger partial charge in [-0.15, -0.1) is 0 Å². The van der Waals surface area contributed by atoms with Gasteiger partial charge in [0.2, 0.25) is 5.91 Å². The minimum atomic E-state index is -3.74. The number of carbonyl (C=O) groups excluding carboxylic acids is 1. The summed E-state index contributed by atoms with van der Waals surface area (Å²) in [7, 11) is 0.143. The third-order valence-electron chi connectivity index (χ3n) is 3.57. The number of rotatable bonds is 7. The van der Waals surface area contributed by atoms with Gasteiger partial charge in [0.1, 0.15) is 0 Å². The molecule has 0 aliphatic carbocycles. The first kappa shape index (κ1) is 19.5. The number of hydrazone groups is 1. The molecule has 8 heteroatoms. The van der Waals surface area contributed by atoms with Gasteiger partial charge in [0.05, 0.1) is 11.1 Å². The summed E-state index contributed by atoms with van der Waals surface area (Å²) in [5.41, 5.74) is 2.63. The molecule has 0 aromatic heterocycles. The van der Waals surface area contributed by atoms with E-state index >= 15 is 0 Å². The summed E-state index contributed by atoms with van der Waals surface area (Å²) < 4.78 is 24.5. The van der Waals surface area contributed by atoms with E-state index in [9.17, 15) is 13.2 Å². The molecule has 2 rings (SSSR count). The fourth-order valence-corrected chi connectivity index (χ4v) is 2.89. The third kappa shape index (κ3) is 5.59. The highest BCUT2D eigenvalue weighted by Crippen LogP contribution is 2.12. The number of benzene rings is 2. The Hall–Kier alpha value is -2.87. The summed E-state index contributed by atoms with van der Waals surface area (Å²) in [5.74, 6) is -0.142. The summed E-state index contributed by atoms with van der Waals surface area (Å²) in [4.78, 5) is 15.2. The third-order valence-corrected chi connectivity index (χ3v) is 4.81. The van der Waals surface area contributed by atoms with Crippen molar-refractivity contribution in [1.82, 2.24) is 10.1 Å². The average Bonchev–Trinajstić information content (AvgIpc) is 2.60. The van der Waals surface area contributed by atoms with Crippen LogP contribution in [-0.2, 0) is 21.4 Å². The molecule has 1 amide bonds. The van der Waals surface area contributed by atoms with Gasteiger partial charge in [-0.1, -0.05) is 24.3 Å². The van der Waals surface area contributed by atoms with E-state index in [-0.39, 0.29) is 10.8 Å². The molecule has 0 spiro atoms. The SMILES string of the molecule is CC(=O)NCc1ccc(S(=O)(=O)NN=Cc2ccc(N(C)C)cc2)cc1. The van der Waals surface area contributed by atoms with E-state index in [1.807, 2.05) is 43.3 Å². The van der Waals surface area contributed by atoms with Crippen molar-refractivity contribution in [3.05, 3.63) is 59.7 Å². The fourth-order valence-electron chi connectivity index (χ4n) is 2.09. The van der Waals surface area contributed by atoms with Crippen molar-refractivity contribution in [3.8, 4) is 0 Å². The van der Waals surface area contributed by atoms with Crippen LogP contribution in [0.3, 0.4) is 0 Å². The average molecular weight is 374 g/mol. The first-order valence-electron chi connectivity index (χ1n) is 7.93. The van der Waals surface area contributed by atoms with E-state index in [1.165, 1.54) is 25.3 Å². The first-order chi connectivity index (χ1) is 12.3. The van der Waals surface area contributed by atoms with Gasteiger partial charge in [-0.3, -0.25) is 4.79 Å². The molecule has 2 aromatic rings. The van der Waals surface area contributed by atoms with Crippen molar-refractivity contribution >= 4 is 27.8 Å². The normalized spacial score (nSPS) is 11.3. The van der Waals surface area contributed by atoms with Crippen LogP contribution in [0.4, 0.5) is 5.69 Å². The highest BCUT2D eigenvalue weighted by Gasteiger charge is 2.12. The van der Waals surface area contributed by atoms with E-state index < -0.39 is 10.0 Å². The second-order valence-electron chi connectivity index (χ2n) is 5.89. The van der Waals surface area contributed by atoms with E-state index in [1.54, 1.807) is 12.1 Å². The zero-order chi connectivity index (χ0) is 19.2. The molecule has 0 bridgehead atoms.